The molecule has 0 heterocycles. The van der Waals surface area contributed by atoms with E-state index in [1.54, 1.807) is 7.11 Å². The number of aliphatic hydroxyl groups excluding tert-OH is 1. The number of methoxy groups -OCH3 is 1. The number of rotatable bonds is 3. The number of hydrogen-bond acceptors (Lipinski definition) is 2. The lowest BCUT2D eigenvalue weighted by Crippen LogP contribution is -2.02. The first kappa shape index (κ1) is 15.0. The second kappa shape index (κ2) is 6.39. The molecule has 2 aromatic rings. The van der Waals surface area contributed by atoms with Crippen LogP contribution in [0.25, 0.3) is 0 Å². The summed E-state index contributed by atoms with van der Waals surface area (Å²) in [6.07, 6.45) is -0.706. The molecule has 0 spiro atoms. The first-order valence-electron chi connectivity index (χ1n) is 5.49. The van der Waals surface area contributed by atoms with Crippen LogP contribution >= 0.6 is 47.8 Å². The molecule has 0 amide bonds. The van der Waals surface area contributed by atoms with Crippen molar-refractivity contribution in [1.29, 1.82) is 0 Å². The molecule has 0 aromatic heterocycles. The molecule has 2 aromatic carbocycles. The smallest absolute Gasteiger partial charge is 0.120 e. The van der Waals surface area contributed by atoms with Crippen molar-refractivity contribution >= 4 is 47.8 Å². The van der Waals surface area contributed by atoms with Crippen molar-refractivity contribution in [3.63, 3.8) is 0 Å². The largest absolute Gasteiger partial charge is 0.497 e. The summed E-state index contributed by atoms with van der Waals surface area (Å²) in [7, 11) is 1.61. The summed E-state index contributed by atoms with van der Waals surface area (Å²) in [5, 5.41) is 10.5. The zero-order valence-corrected chi connectivity index (χ0v) is 14.8. The highest BCUT2D eigenvalue weighted by atomic mass is 79.9. The number of benzene rings is 2. The van der Waals surface area contributed by atoms with Gasteiger partial charge in [-0.3, -0.25) is 0 Å². The molecule has 100 valence electrons. The molecular formula is C14H11Br3O2. The summed E-state index contributed by atoms with van der Waals surface area (Å²) in [6.45, 7) is 0. The van der Waals surface area contributed by atoms with Gasteiger partial charge in [-0.2, -0.15) is 0 Å². The van der Waals surface area contributed by atoms with Crippen LogP contribution in [-0.2, 0) is 0 Å². The summed E-state index contributed by atoms with van der Waals surface area (Å²) in [5.41, 5.74) is 1.61. The van der Waals surface area contributed by atoms with E-state index in [1.165, 1.54) is 0 Å². The lowest BCUT2D eigenvalue weighted by Gasteiger charge is -2.16. The topological polar surface area (TPSA) is 29.5 Å². The zero-order chi connectivity index (χ0) is 14.0. The maximum atomic E-state index is 10.5. The lowest BCUT2D eigenvalue weighted by atomic mass is 10.0. The fourth-order valence-electron chi connectivity index (χ4n) is 1.75. The molecule has 2 nitrogen and oxygen atoms in total. The van der Waals surface area contributed by atoms with Crippen LogP contribution in [0.1, 0.15) is 17.2 Å². The number of aliphatic hydroxyl groups is 1. The third-order valence-electron chi connectivity index (χ3n) is 2.76. The Morgan fingerprint density at radius 3 is 2.05 bits per heavy atom. The fraction of sp³-hybridized carbons (Fsp3) is 0.143. The van der Waals surface area contributed by atoms with E-state index in [9.17, 15) is 5.11 Å². The summed E-state index contributed by atoms with van der Waals surface area (Å²) >= 11 is 10.3. The minimum absolute atomic E-state index is 0.706. The molecule has 0 saturated carbocycles. The minimum atomic E-state index is -0.706. The van der Waals surface area contributed by atoms with Crippen LogP contribution < -0.4 is 4.74 Å². The molecule has 5 heteroatoms. The van der Waals surface area contributed by atoms with Gasteiger partial charge in [-0.1, -0.05) is 59.9 Å². The highest BCUT2D eigenvalue weighted by molar-refractivity contribution is 9.11. The van der Waals surface area contributed by atoms with E-state index in [0.717, 1.165) is 30.3 Å². The molecule has 19 heavy (non-hydrogen) atoms. The summed E-state index contributed by atoms with van der Waals surface area (Å²) in [6, 6.07) is 11.2. The maximum absolute atomic E-state index is 10.5. The average Bonchev–Trinajstić information content (AvgIpc) is 2.37. The summed E-state index contributed by atoms with van der Waals surface area (Å²) in [5.74, 6) is 0.748. The Bertz CT molecular complexity index is 599. The number of hydrogen-bond donors (Lipinski definition) is 1. The Labute approximate surface area is 137 Å². The average molecular weight is 451 g/mol. The molecule has 1 atom stereocenters. The van der Waals surface area contributed by atoms with Crippen molar-refractivity contribution in [2.45, 2.75) is 6.10 Å². The van der Waals surface area contributed by atoms with E-state index in [0.29, 0.717) is 0 Å². The fourth-order valence-corrected chi connectivity index (χ4v) is 3.59. The number of halogens is 3. The highest BCUT2D eigenvalue weighted by Crippen LogP contribution is 2.35. The molecule has 0 bridgehead atoms. The molecule has 1 unspecified atom stereocenters. The van der Waals surface area contributed by atoms with Crippen LogP contribution in [-0.4, -0.2) is 12.2 Å². The van der Waals surface area contributed by atoms with Gasteiger partial charge in [-0.05, 0) is 35.4 Å². The van der Waals surface area contributed by atoms with Gasteiger partial charge in [0.1, 0.15) is 11.9 Å². The van der Waals surface area contributed by atoms with E-state index in [-0.39, 0.29) is 0 Å². The van der Waals surface area contributed by atoms with Gasteiger partial charge in [0.25, 0.3) is 0 Å². The first-order chi connectivity index (χ1) is 9.02. The van der Waals surface area contributed by atoms with Crippen molar-refractivity contribution in [3.05, 3.63) is 60.9 Å². The van der Waals surface area contributed by atoms with E-state index >= 15 is 0 Å². The van der Waals surface area contributed by atoms with E-state index < -0.39 is 6.10 Å². The third-order valence-corrected chi connectivity index (χ3v) is 4.63. The standard InChI is InChI=1S/C14H11Br3O2/c1-19-9-3-5-11(13(17)7-9)14(18)10-4-2-8(15)6-12(10)16/h2-7,14,18H,1H3. The molecule has 0 fully saturated rings. The highest BCUT2D eigenvalue weighted by Gasteiger charge is 2.17. The van der Waals surface area contributed by atoms with Crippen LogP contribution in [0.5, 0.6) is 5.75 Å². The molecule has 0 aliphatic rings. The van der Waals surface area contributed by atoms with Gasteiger partial charge < -0.3 is 9.84 Å². The molecule has 1 N–H and O–H groups in total. The Morgan fingerprint density at radius 1 is 0.947 bits per heavy atom. The van der Waals surface area contributed by atoms with Crippen LogP contribution in [0.4, 0.5) is 0 Å². The Morgan fingerprint density at radius 2 is 1.53 bits per heavy atom. The zero-order valence-electron chi connectivity index (χ0n) is 10.0. The van der Waals surface area contributed by atoms with Gasteiger partial charge in [0, 0.05) is 13.4 Å². The second-order valence-electron chi connectivity index (χ2n) is 3.96. The molecule has 0 aliphatic carbocycles. The van der Waals surface area contributed by atoms with Crippen molar-refractivity contribution in [3.8, 4) is 5.75 Å². The van der Waals surface area contributed by atoms with Gasteiger partial charge in [0.2, 0.25) is 0 Å². The van der Waals surface area contributed by atoms with Crippen LogP contribution in [0.15, 0.2) is 49.8 Å². The monoisotopic (exact) mass is 448 g/mol. The van der Waals surface area contributed by atoms with Gasteiger partial charge in [-0.25, -0.2) is 0 Å². The lowest BCUT2D eigenvalue weighted by molar-refractivity contribution is 0.218. The first-order valence-corrected chi connectivity index (χ1v) is 7.87. The number of ether oxygens (including phenoxy) is 1. The van der Waals surface area contributed by atoms with E-state index in [4.69, 9.17) is 4.74 Å². The Balaban J connectivity index is 2.41. The molecular weight excluding hydrogens is 440 g/mol. The predicted molar refractivity (Wildman–Crippen MR) is 86.6 cm³/mol. The third kappa shape index (κ3) is 3.40. The second-order valence-corrected chi connectivity index (χ2v) is 6.58. The van der Waals surface area contributed by atoms with Crippen molar-refractivity contribution in [1.82, 2.24) is 0 Å². The molecule has 0 radical (unpaired) electrons. The van der Waals surface area contributed by atoms with E-state index in [2.05, 4.69) is 47.8 Å². The quantitative estimate of drug-likeness (QED) is 0.708. The Kier molecular flexibility index (Phi) is 5.06. The minimum Gasteiger partial charge on any atom is -0.497 e. The summed E-state index contributed by atoms with van der Waals surface area (Å²) in [4.78, 5) is 0. The van der Waals surface area contributed by atoms with Crippen molar-refractivity contribution in [2.24, 2.45) is 0 Å². The normalized spacial score (nSPS) is 12.3. The van der Waals surface area contributed by atoms with Gasteiger partial charge in [-0.15, -0.1) is 0 Å². The Hall–Kier alpha value is -0.360. The summed E-state index contributed by atoms with van der Waals surface area (Å²) < 4.78 is 7.78. The van der Waals surface area contributed by atoms with Gasteiger partial charge in [0.15, 0.2) is 0 Å². The predicted octanol–water partition coefficient (Wildman–Crippen LogP) is 5.06. The SMILES string of the molecule is COc1ccc(C(O)c2ccc(Br)cc2Br)c(Br)c1. The van der Waals surface area contributed by atoms with Crippen LogP contribution in [0.2, 0.25) is 0 Å². The molecule has 0 aliphatic heterocycles. The van der Waals surface area contributed by atoms with Crippen molar-refractivity contribution < 1.29 is 9.84 Å². The maximum Gasteiger partial charge on any atom is 0.120 e. The van der Waals surface area contributed by atoms with Crippen LogP contribution in [0, 0.1) is 0 Å². The van der Waals surface area contributed by atoms with Crippen molar-refractivity contribution in [2.75, 3.05) is 7.11 Å². The van der Waals surface area contributed by atoms with Gasteiger partial charge in [0.05, 0.1) is 7.11 Å². The van der Waals surface area contributed by atoms with Crippen LogP contribution in [0.3, 0.4) is 0 Å². The molecule has 2 rings (SSSR count). The molecule has 0 saturated heterocycles. The van der Waals surface area contributed by atoms with E-state index in [1.807, 2.05) is 36.4 Å². The van der Waals surface area contributed by atoms with Gasteiger partial charge >= 0.3 is 0 Å².